The summed E-state index contributed by atoms with van der Waals surface area (Å²) in [7, 11) is 0. The third-order valence-electron chi connectivity index (χ3n) is 3.70. The van der Waals surface area contributed by atoms with Gasteiger partial charge in [0.2, 0.25) is 0 Å². The molecular formula is C17H13N5O2S. The van der Waals surface area contributed by atoms with E-state index in [0.29, 0.717) is 22.1 Å². The SMILES string of the molecule is O=C(NO)c1cnc(-c2cn(Cc3cnc4ccccc4c3)cn2)s1. The molecule has 3 heterocycles. The van der Waals surface area contributed by atoms with Crippen LogP contribution >= 0.6 is 11.3 Å². The maximum atomic E-state index is 11.4. The summed E-state index contributed by atoms with van der Waals surface area (Å²) in [6.07, 6.45) is 6.86. The molecule has 0 unspecified atom stereocenters. The highest BCUT2D eigenvalue weighted by Crippen LogP contribution is 2.24. The van der Waals surface area contributed by atoms with Gasteiger partial charge in [0.15, 0.2) is 0 Å². The molecular weight excluding hydrogens is 338 g/mol. The third-order valence-corrected chi connectivity index (χ3v) is 4.71. The second-order valence-electron chi connectivity index (χ2n) is 5.44. The minimum Gasteiger partial charge on any atom is -0.332 e. The molecule has 0 saturated carbocycles. The first-order valence-corrected chi connectivity index (χ1v) is 8.30. The highest BCUT2D eigenvalue weighted by atomic mass is 32.1. The van der Waals surface area contributed by atoms with Crippen LogP contribution < -0.4 is 5.48 Å². The quantitative estimate of drug-likeness (QED) is 0.436. The summed E-state index contributed by atoms with van der Waals surface area (Å²) >= 11 is 1.17. The van der Waals surface area contributed by atoms with Gasteiger partial charge in [-0.15, -0.1) is 11.3 Å². The van der Waals surface area contributed by atoms with E-state index in [2.05, 4.69) is 21.0 Å². The lowest BCUT2D eigenvalue weighted by atomic mass is 10.1. The molecule has 0 atom stereocenters. The highest BCUT2D eigenvalue weighted by molar-refractivity contribution is 7.16. The Kier molecular flexibility index (Phi) is 3.96. The van der Waals surface area contributed by atoms with Gasteiger partial charge in [-0.25, -0.2) is 15.4 Å². The van der Waals surface area contributed by atoms with Crippen LogP contribution in [0, 0.1) is 0 Å². The molecule has 8 heteroatoms. The van der Waals surface area contributed by atoms with Crippen LogP contribution in [0.1, 0.15) is 15.2 Å². The fraction of sp³-hybridized carbons (Fsp3) is 0.0588. The van der Waals surface area contributed by atoms with Gasteiger partial charge < -0.3 is 4.57 Å². The second-order valence-corrected chi connectivity index (χ2v) is 6.47. The summed E-state index contributed by atoms with van der Waals surface area (Å²) < 4.78 is 1.94. The van der Waals surface area contributed by atoms with Gasteiger partial charge in [-0.05, 0) is 17.7 Å². The number of nitrogens with zero attached hydrogens (tertiary/aromatic N) is 4. The number of para-hydroxylation sites is 1. The Bertz CT molecular complexity index is 1060. The Morgan fingerprint density at radius 2 is 2.08 bits per heavy atom. The highest BCUT2D eigenvalue weighted by Gasteiger charge is 2.12. The van der Waals surface area contributed by atoms with Crippen molar-refractivity contribution in [3.05, 3.63) is 65.7 Å². The number of rotatable bonds is 4. The smallest absolute Gasteiger partial charge is 0.286 e. The zero-order chi connectivity index (χ0) is 17.2. The lowest BCUT2D eigenvalue weighted by Gasteiger charge is -2.03. The number of hydroxylamine groups is 1. The van der Waals surface area contributed by atoms with E-state index in [-0.39, 0.29) is 0 Å². The largest absolute Gasteiger partial charge is 0.332 e. The van der Waals surface area contributed by atoms with Crippen molar-refractivity contribution in [3.8, 4) is 10.7 Å². The van der Waals surface area contributed by atoms with Crippen LogP contribution in [0.3, 0.4) is 0 Å². The number of carbonyl (C=O) groups excluding carboxylic acids is 1. The van der Waals surface area contributed by atoms with Gasteiger partial charge in [0.1, 0.15) is 15.6 Å². The van der Waals surface area contributed by atoms with Crippen molar-refractivity contribution in [3.63, 3.8) is 0 Å². The topological polar surface area (TPSA) is 92.9 Å². The molecule has 0 radical (unpaired) electrons. The molecule has 7 nitrogen and oxygen atoms in total. The van der Waals surface area contributed by atoms with E-state index in [1.165, 1.54) is 17.5 Å². The van der Waals surface area contributed by atoms with Gasteiger partial charge in [-0.3, -0.25) is 15.0 Å². The molecule has 25 heavy (non-hydrogen) atoms. The fourth-order valence-corrected chi connectivity index (χ4v) is 3.29. The van der Waals surface area contributed by atoms with Crippen LogP contribution in [0.2, 0.25) is 0 Å². The minimum absolute atomic E-state index is 0.325. The summed E-state index contributed by atoms with van der Waals surface area (Å²) in [5, 5.41) is 10.4. The van der Waals surface area contributed by atoms with Gasteiger partial charge in [0, 0.05) is 17.8 Å². The standard InChI is InChI=1S/C17H13N5O2S/c23-16(21-24)15-7-19-17(25-15)14-9-22(10-20-14)8-11-5-12-3-1-2-4-13(12)18-6-11/h1-7,9-10,24H,8H2,(H,21,23). The molecule has 1 amide bonds. The summed E-state index contributed by atoms with van der Waals surface area (Å²) in [6.45, 7) is 0.639. The third kappa shape index (κ3) is 3.12. The van der Waals surface area contributed by atoms with Crippen LogP contribution in [-0.2, 0) is 6.54 Å². The zero-order valence-corrected chi connectivity index (χ0v) is 13.8. The van der Waals surface area contributed by atoms with Crippen LogP contribution in [0.5, 0.6) is 0 Å². The van der Waals surface area contributed by atoms with Gasteiger partial charge in [0.25, 0.3) is 5.91 Å². The molecule has 0 aliphatic carbocycles. The maximum Gasteiger partial charge on any atom is 0.286 e. The predicted molar refractivity (Wildman–Crippen MR) is 93.4 cm³/mol. The van der Waals surface area contributed by atoms with Crippen molar-refractivity contribution >= 4 is 28.1 Å². The number of amides is 1. The summed E-state index contributed by atoms with van der Waals surface area (Å²) in [5.41, 5.74) is 4.31. The van der Waals surface area contributed by atoms with E-state index in [4.69, 9.17) is 5.21 Å². The van der Waals surface area contributed by atoms with E-state index in [9.17, 15) is 4.79 Å². The van der Waals surface area contributed by atoms with Crippen LogP contribution in [0.25, 0.3) is 21.6 Å². The average Bonchev–Trinajstić information content (AvgIpc) is 3.30. The minimum atomic E-state index is -0.578. The van der Waals surface area contributed by atoms with Gasteiger partial charge in [0.05, 0.1) is 24.6 Å². The Balaban J connectivity index is 1.56. The second kappa shape index (κ2) is 6.42. The molecule has 2 N–H and O–H groups in total. The first kappa shape index (κ1) is 15.4. The number of carbonyl (C=O) groups is 1. The van der Waals surface area contributed by atoms with Crippen molar-refractivity contribution in [2.45, 2.75) is 6.54 Å². The summed E-state index contributed by atoms with van der Waals surface area (Å²) in [6, 6.07) is 10.1. The number of benzene rings is 1. The normalized spacial score (nSPS) is 10.9. The maximum absolute atomic E-state index is 11.4. The van der Waals surface area contributed by atoms with E-state index in [1.54, 1.807) is 11.8 Å². The predicted octanol–water partition coefficient (Wildman–Crippen LogP) is 2.72. The number of imidazole rings is 1. The molecule has 0 fully saturated rings. The van der Waals surface area contributed by atoms with Crippen LogP contribution in [0.15, 0.2) is 55.2 Å². The summed E-state index contributed by atoms with van der Waals surface area (Å²) in [4.78, 5) is 24.7. The van der Waals surface area contributed by atoms with E-state index in [1.807, 2.05) is 41.2 Å². The molecule has 4 rings (SSSR count). The molecule has 0 aliphatic heterocycles. The van der Waals surface area contributed by atoms with Gasteiger partial charge in [-0.1, -0.05) is 18.2 Å². The average molecular weight is 351 g/mol. The van der Waals surface area contributed by atoms with Crippen LogP contribution in [0.4, 0.5) is 0 Å². The Labute approximate surface area is 146 Å². The van der Waals surface area contributed by atoms with Crippen LogP contribution in [-0.4, -0.2) is 30.6 Å². The van der Waals surface area contributed by atoms with Gasteiger partial charge >= 0.3 is 0 Å². The van der Waals surface area contributed by atoms with Crippen molar-refractivity contribution in [1.29, 1.82) is 0 Å². The van der Waals surface area contributed by atoms with Gasteiger partial charge in [-0.2, -0.15) is 0 Å². The Morgan fingerprint density at radius 3 is 2.96 bits per heavy atom. The molecule has 3 aromatic heterocycles. The first-order valence-electron chi connectivity index (χ1n) is 7.49. The summed E-state index contributed by atoms with van der Waals surface area (Å²) in [5.74, 6) is -0.578. The molecule has 0 spiro atoms. The molecule has 124 valence electrons. The number of aromatic nitrogens is 4. The number of pyridine rings is 1. The van der Waals surface area contributed by atoms with Crippen molar-refractivity contribution in [2.75, 3.05) is 0 Å². The number of hydrogen-bond donors (Lipinski definition) is 2. The Hall–Kier alpha value is -3.10. The number of hydrogen-bond acceptors (Lipinski definition) is 6. The van der Waals surface area contributed by atoms with Crippen molar-refractivity contribution in [1.82, 2.24) is 25.0 Å². The van der Waals surface area contributed by atoms with E-state index < -0.39 is 5.91 Å². The fourth-order valence-electron chi connectivity index (χ4n) is 2.52. The van der Waals surface area contributed by atoms with Crippen molar-refractivity contribution < 1.29 is 10.0 Å². The lowest BCUT2D eigenvalue weighted by molar-refractivity contribution is 0.0710. The number of nitrogens with one attached hydrogen (secondary N) is 1. The van der Waals surface area contributed by atoms with Crippen molar-refractivity contribution in [2.24, 2.45) is 0 Å². The monoisotopic (exact) mass is 351 g/mol. The Morgan fingerprint density at radius 1 is 1.20 bits per heavy atom. The number of fused-ring (bicyclic) bond motifs is 1. The molecule has 0 aliphatic rings. The molecule has 1 aromatic carbocycles. The molecule has 4 aromatic rings. The lowest BCUT2D eigenvalue weighted by Crippen LogP contribution is -2.16. The molecule has 0 bridgehead atoms. The zero-order valence-electron chi connectivity index (χ0n) is 13.0. The first-order chi connectivity index (χ1) is 12.2. The van der Waals surface area contributed by atoms with E-state index >= 15 is 0 Å². The number of thiazole rings is 1. The van der Waals surface area contributed by atoms with E-state index in [0.717, 1.165) is 16.5 Å². The molecule has 0 saturated heterocycles.